The lowest BCUT2D eigenvalue weighted by Gasteiger charge is -1.97. The first-order chi connectivity index (χ1) is 5.81. The highest BCUT2D eigenvalue weighted by atomic mass is 32.1. The van der Waals surface area contributed by atoms with Crippen LogP contribution in [-0.4, -0.2) is 0 Å². The summed E-state index contributed by atoms with van der Waals surface area (Å²) in [7, 11) is 0. The van der Waals surface area contributed by atoms with Crippen molar-refractivity contribution in [3.8, 4) is 0 Å². The van der Waals surface area contributed by atoms with Crippen molar-refractivity contribution in [3.63, 3.8) is 0 Å². The minimum absolute atomic E-state index is 0.0920. The van der Waals surface area contributed by atoms with Crippen molar-refractivity contribution >= 4 is 21.4 Å². The zero-order valence-corrected chi connectivity index (χ0v) is 7.62. The first-order valence-corrected chi connectivity index (χ1v) is 4.85. The van der Waals surface area contributed by atoms with Gasteiger partial charge < -0.3 is 0 Å². The van der Waals surface area contributed by atoms with E-state index >= 15 is 0 Å². The zero-order chi connectivity index (χ0) is 8.55. The summed E-state index contributed by atoms with van der Waals surface area (Å²) in [5, 5.41) is 2.67. The summed E-state index contributed by atoms with van der Waals surface area (Å²) in [6.07, 6.45) is 0.894. The van der Waals surface area contributed by atoms with Crippen molar-refractivity contribution in [2.24, 2.45) is 0 Å². The van der Waals surface area contributed by atoms with E-state index in [9.17, 15) is 4.39 Å². The van der Waals surface area contributed by atoms with Gasteiger partial charge in [-0.15, -0.1) is 11.3 Å². The van der Waals surface area contributed by atoms with E-state index in [1.807, 2.05) is 18.4 Å². The van der Waals surface area contributed by atoms with Gasteiger partial charge >= 0.3 is 0 Å². The van der Waals surface area contributed by atoms with Gasteiger partial charge in [0, 0.05) is 10.1 Å². The van der Waals surface area contributed by atoms with Crippen LogP contribution in [0.3, 0.4) is 0 Å². The van der Waals surface area contributed by atoms with Crippen LogP contribution >= 0.6 is 11.3 Å². The predicted molar refractivity (Wildman–Crippen MR) is 51.2 cm³/mol. The SMILES string of the molecule is CCc1cc(F)c2ccsc2c1. The molecular formula is C10H9FS. The van der Waals surface area contributed by atoms with Gasteiger partial charge in [0.15, 0.2) is 0 Å². The minimum Gasteiger partial charge on any atom is -0.206 e. The largest absolute Gasteiger partial charge is 0.206 e. The third kappa shape index (κ3) is 1.12. The van der Waals surface area contributed by atoms with Crippen LogP contribution in [0.5, 0.6) is 0 Å². The molecule has 62 valence electrons. The van der Waals surface area contributed by atoms with E-state index in [0.29, 0.717) is 0 Å². The first kappa shape index (κ1) is 7.74. The molecule has 2 aromatic rings. The van der Waals surface area contributed by atoms with Crippen molar-refractivity contribution in [1.29, 1.82) is 0 Å². The second kappa shape index (κ2) is 2.87. The molecule has 0 spiro atoms. The van der Waals surface area contributed by atoms with E-state index in [2.05, 4.69) is 6.07 Å². The number of thiophene rings is 1. The number of rotatable bonds is 1. The number of fused-ring (bicyclic) bond motifs is 1. The second-order valence-electron chi connectivity index (χ2n) is 2.76. The normalized spacial score (nSPS) is 10.8. The molecule has 0 unspecified atom stereocenters. The molecule has 0 aliphatic heterocycles. The van der Waals surface area contributed by atoms with Gasteiger partial charge in [0.1, 0.15) is 5.82 Å². The van der Waals surface area contributed by atoms with E-state index in [4.69, 9.17) is 0 Å². The van der Waals surface area contributed by atoms with Crippen LogP contribution < -0.4 is 0 Å². The average molecular weight is 180 g/mol. The van der Waals surface area contributed by atoms with Crippen LogP contribution in [0.4, 0.5) is 4.39 Å². The van der Waals surface area contributed by atoms with E-state index in [1.165, 1.54) is 0 Å². The van der Waals surface area contributed by atoms with Gasteiger partial charge in [-0.3, -0.25) is 0 Å². The molecule has 2 rings (SSSR count). The van der Waals surface area contributed by atoms with Gasteiger partial charge in [0.25, 0.3) is 0 Å². The Labute approximate surface area is 74.6 Å². The van der Waals surface area contributed by atoms with Gasteiger partial charge in [-0.05, 0) is 35.6 Å². The summed E-state index contributed by atoms with van der Waals surface area (Å²) in [6, 6.07) is 5.51. The van der Waals surface area contributed by atoms with Gasteiger partial charge in [0.2, 0.25) is 0 Å². The summed E-state index contributed by atoms with van der Waals surface area (Å²) in [6.45, 7) is 2.04. The van der Waals surface area contributed by atoms with Gasteiger partial charge in [-0.25, -0.2) is 4.39 Å². The van der Waals surface area contributed by atoms with E-state index in [-0.39, 0.29) is 5.82 Å². The highest BCUT2D eigenvalue weighted by Crippen LogP contribution is 2.25. The average Bonchev–Trinajstić information content (AvgIpc) is 2.52. The molecule has 1 aromatic carbocycles. The Morgan fingerprint density at radius 3 is 3.00 bits per heavy atom. The smallest absolute Gasteiger partial charge is 0.132 e. The molecule has 12 heavy (non-hydrogen) atoms. The molecule has 0 saturated carbocycles. The fourth-order valence-electron chi connectivity index (χ4n) is 1.28. The van der Waals surface area contributed by atoms with Crippen molar-refractivity contribution in [1.82, 2.24) is 0 Å². The monoisotopic (exact) mass is 180 g/mol. The van der Waals surface area contributed by atoms with Gasteiger partial charge in [-0.2, -0.15) is 0 Å². The molecule has 2 heteroatoms. The molecular weight excluding hydrogens is 171 g/mol. The quantitative estimate of drug-likeness (QED) is 0.629. The van der Waals surface area contributed by atoms with Gasteiger partial charge in [-0.1, -0.05) is 6.92 Å². The molecule has 0 saturated heterocycles. The molecule has 1 aromatic heterocycles. The number of hydrogen-bond donors (Lipinski definition) is 0. The Bertz CT molecular complexity index is 403. The minimum atomic E-state index is -0.0920. The van der Waals surface area contributed by atoms with E-state index in [1.54, 1.807) is 17.4 Å². The molecule has 0 N–H and O–H groups in total. The molecule has 1 heterocycles. The lowest BCUT2D eigenvalue weighted by molar-refractivity contribution is 0.638. The molecule has 0 radical (unpaired) electrons. The maximum absolute atomic E-state index is 13.3. The molecule has 0 bridgehead atoms. The lowest BCUT2D eigenvalue weighted by Crippen LogP contribution is -1.82. The summed E-state index contributed by atoms with van der Waals surface area (Å²) in [5.74, 6) is -0.0920. The Balaban J connectivity index is 2.75. The summed E-state index contributed by atoms with van der Waals surface area (Å²) >= 11 is 1.59. The molecule has 0 aliphatic carbocycles. The molecule has 0 aliphatic rings. The number of benzene rings is 1. The fourth-order valence-corrected chi connectivity index (χ4v) is 2.15. The maximum Gasteiger partial charge on any atom is 0.132 e. The van der Waals surface area contributed by atoms with Crippen molar-refractivity contribution < 1.29 is 4.39 Å². The van der Waals surface area contributed by atoms with Crippen LogP contribution in [0.15, 0.2) is 23.6 Å². The fraction of sp³-hybridized carbons (Fsp3) is 0.200. The Morgan fingerprint density at radius 1 is 1.42 bits per heavy atom. The first-order valence-electron chi connectivity index (χ1n) is 3.97. The Kier molecular flexibility index (Phi) is 1.85. The van der Waals surface area contributed by atoms with Crippen LogP contribution in [-0.2, 0) is 6.42 Å². The standard InChI is InChI=1S/C10H9FS/c1-2-7-5-9(11)8-3-4-12-10(8)6-7/h3-6H,2H2,1H3. The van der Waals surface area contributed by atoms with Crippen molar-refractivity contribution in [3.05, 3.63) is 35.0 Å². The molecule has 0 amide bonds. The number of halogens is 1. The van der Waals surface area contributed by atoms with Crippen molar-refractivity contribution in [2.75, 3.05) is 0 Å². The lowest BCUT2D eigenvalue weighted by atomic mass is 10.1. The highest BCUT2D eigenvalue weighted by Gasteiger charge is 2.02. The van der Waals surface area contributed by atoms with Crippen LogP contribution in [0.2, 0.25) is 0 Å². The Morgan fingerprint density at radius 2 is 2.25 bits per heavy atom. The van der Waals surface area contributed by atoms with E-state index in [0.717, 1.165) is 22.1 Å². The maximum atomic E-state index is 13.3. The van der Waals surface area contributed by atoms with Gasteiger partial charge in [0.05, 0.1) is 0 Å². The topological polar surface area (TPSA) is 0 Å². The third-order valence-electron chi connectivity index (χ3n) is 1.99. The second-order valence-corrected chi connectivity index (χ2v) is 3.71. The molecule has 0 fully saturated rings. The highest BCUT2D eigenvalue weighted by molar-refractivity contribution is 7.17. The van der Waals surface area contributed by atoms with E-state index < -0.39 is 0 Å². The third-order valence-corrected chi connectivity index (χ3v) is 2.85. The summed E-state index contributed by atoms with van der Waals surface area (Å²) < 4.78 is 14.3. The van der Waals surface area contributed by atoms with Crippen LogP contribution in [0.1, 0.15) is 12.5 Å². The molecule has 0 atom stereocenters. The predicted octanol–water partition coefficient (Wildman–Crippen LogP) is 3.60. The molecule has 0 nitrogen and oxygen atoms in total. The Hall–Kier alpha value is -0.890. The zero-order valence-electron chi connectivity index (χ0n) is 6.80. The summed E-state index contributed by atoms with van der Waals surface area (Å²) in [4.78, 5) is 0. The van der Waals surface area contributed by atoms with Crippen LogP contribution in [0.25, 0.3) is 10.1 Å². The van der Waals surface area contributed by atoms with Crippen LogP contribution in [0, 0.1) is 5.82 Å². The number of aryl methyl sites for hydroxylation is 1. The number of hydrogen-bond acceptors (Lipinski definition) is 1. The van der Waals surface area contributed by atoms with Crippen molar-refractivity contribution in [2.45, 2.75) is 13.3 Å². The summed E-state index contributed by atoms with van der Waals surface area (Å²) in [5.41, 5.74) is 1.07.